The molecule has 1 saturated heterocycles. The van der Waals surface area contributed by atoms with E-state index in [0.717, 1.165) is 4.90 Å². The van der Waals surface area contributed by atoms with Gasteiger partial charge in [0, 0.05) is 29.7 Å². The topological polar surface area (TPSA) is 117 Å². The van der Waals surface area contributed by atoms with Crippen molar-refractivity contribution in [2.24, 2.45) is 5.92 Å². The molecule has 1 unspecified atom stereocenters. The van der Waals surface area contributed by atoms with E-state index in [9.17, 15) is 23.2 Å². The van der Waals surface area contributed by atoms with Gasteiger partial charge in [0.25, 0.3) is 17.4 Å². The molecule has 9 nitrogen and oxygen atoms in total. The lowest BCUT2D eigenvalue weighted by Crippen LogP contribution is -2.38. The maximum absolute atomic E-state index is 14.7. The molecular formula is C31H32F2N4O5. The van der Waals surface area contributed by atoms with Crippen molar-refractivity contribution in [3.63, 3.8) is 0 Å². The Balaban J connectivity index is 1.39. The Morgan fingerprint density at radius 2 is 1.76 bits per heavy atom. The Bertz CT molecular complexity index is 1690. The first kappa shape index (κ1) is 28.8. The van der Waals surface area contributed by atoms with Crippen LogP contribution in [0, 0.1) is 12.8 Å². The molecule has 1 fully saturated rings. The monoisotopic (exact) mass is 578 g/mol. The summed E-state index contributed by atoms with van der Waals surface area (Å²) in [6.07, 6.45) is -0.835. The number of rotatable bonds is 6. The van der Waals surface area contributed by atoms with Gasteiger partial charge in [-0.15, -0.1) is 0 Å². The first-order chi connectivity index (χ1) is 19.8. The lowest BCUT2D eigenvalue weighted by atomic mass is 10.0. The number of aromatic nitrogens is 2. The van der Waals surface area contributed by atoms with Crippen LogP contribution in [-0.4, -0.2) is 58.0 Å². The van der Waals surface area contributed by atoms with Crippen molar-refractivity contribution in [2.75, 3.05) is 19.6 Å². The number of carbonyl (C=O) groups excluding carboxylic acids is 2. The number of nitrogens with one attached hydrogen (secondary N) is 3. The molecule has 4 aromatic rings. The smallest absolute Gasteiger partial charge is 0.410 e. The number of pyridine rings is 1. The minimum atomic E-state index is -3.23. The molecule has 0 bridgehead atoms. The summed E-state index contributed by atoms with van der Waals surface area (Å²) >= 11 is 0. The molecule has 220 valence electrons. The molecule has 2 aromatic heterocycles. The van der Waals surface area contributed by atoms with Crippen molar-refractivity contribution in [3.8, 4) is 22.8 Å². The molecule has 0 saturated carbocycles. The second-order valence-corrected chi connectivity index (χ2v) is 11.4. The third kappa shape index (κ3) is 6.00. The third-order valence-corrected chi connectivity index (χ3v) is 6.96. The van der Waals surface area contributed by atoms with Crippen LogP contribution in [0.1, 0.15) is 37.0 Å². The number of nitrogens with zero attached hydrogens (tertiary/aromatic N) is 1. The zero-order valence-corrected chi connectivity index (χ0v) is 23.7. The van der Waals surface area contributed by atoms with Crippen LogP contribution in [0.4, 0.5) is 13.6 Å². The molecule has 2 amide bonds. The number of fused-ring (bicyclic) bond motifs is 1. The Kier molecular flexibility index (Phi) is 7.53. The van der Waals surface area contributed by atoms with Gasteiger partial charge in [0.1, 0.15) is 22.8 Å². The number of benzene rings is 2. The van der Waals surface area contributed by atoms with Gasteiger partial charge >= 0.3 is 6.09 Å². The van der Waals surface area contributed by atoms with Crippen molar-refractivity contribution in [2.45, 2.75) is 39.2 Å². The van der Waals surface area contributed by atoms with Gasteiger partial charge in [-0.2, -0.15) is 0 Å². The highest BCUT2D eigenvalue weighted by Gasteiger charge is 2.50. The van der Waals surface area contributed by atoms with Crippen LogP contribution in [0.5, 0.6) is 11.5 Å². The summed E-state index contributed by atoms with van der Waals surface area (Å²) < 4.78 is 40.8. The summed E-state index contributed by atoms with van der Waals surface area (Å²) in [4.78, 5) is 45.3. The molecule has 1 aliphatic heterocycles. The number of hydrogen-bond acceptors (Lipinski definition) is 5. The normalized spacial score (nSPS) is 16.4. The number of amides is 2. The number of carbonyl (C=O) groups is 2. The molecule has 1 aliphatic rings. The number of hydrogen-bond donors (Lipinski definition) is 3. The van der Waals surface area contributed by atoms with E-state index in [4.69, 9.17) is 9.47 Å². The highest BCUT2D eigenvalue weighted by molar-refractivity contribution is 6.03. The average molecular weight is 579 g/mol. The minimum absolute atomic E-state index is 0.0838. The van der Waals surface area contributed by atoms with Gasteiger partial charge in [0.15, 0.2) is 0 Å². The molecule has 11 heteroatoms. The fourth-order valence-electron chi connectivity index (χ4n) is 5.00. The molecule has 42 heavy (non-hydrogen) atoms. The standard InChI is InChI=1S/C31H32F2N4O5/c1-18-25-22(26(35-18)21-12-8-9-13-24(21)41-20-10-6-5-7-11-20)14-23(36-28(25)39)27(38)34-15-19-16-37(17-31(19,32)33)29(40)42-30(2,3)4/h5-14,19,35H,15-17H2,1-4H3,(H,34,38)(H,36,39). The quantitative estimate of drug-likeness (QED) is 0.265. The Morgan fingerprint density at radius 1 is 1.07 bits per heavy atom. The van der Waals surface area contributed by atoms with Gasteiger partial charge in [-0.25, -0.2) is 13.6 Å². The molecule has 1 atom stereocenters. The summed E-state index contributed by atoms with van der Waals surface area (Å²) in [7, 11) is 0. The number of alkyl halides is 2. The minimum Gasteiger partial charge on any atom is -0.457 e. The Morgan fingerprint density at radius 3 is 2.48 bits per heavy atom. The molecule has 0 radical (unpaired) electrons. The van der Waals surface area contributed by atoms with Crippen LogP contribution in [0.25, 0.3) is 22.0 Å². The maximum Gasteiger partial charge on any atom is 0.410 e. The van der Waals surface area contributed by atoms with Crippen molar-refractivity contribution in [1.29, 1.82) is 0 Å². The number of para-hydroxylation sites is 2. The average Bonchev–Trinajstić information content (AvgIpc) is 3.42. The Labute approximate surface area is 240 Å². The van der Waals surface area contributed by atoms with E-state index < -0.39 is 48.1 Å². The van der Waals surface area contributed by atoms with Crippen molar-refractivity contribution >= 4 is 22.8 Å². The van der Waals surface area contributed by atoms with Crippen LogP contribution >= 0.6 is 0 Å². The summed E-state index contributed by atoms with van der Waals surface area (Å²) in [5, 5.41) is 3.35. The number of ether oxygens (including phenoxy) is 2. The van der Waals surface area contributed by atoms with Gasteiger partial charge in [0.05, 0.1) is 23.5 Å². The molecule has 0 aliphatic carbocycles. The SMILES string of the molecule is Cc1[nH]c(-c2ccccc2Oc2ccccc2)c2cc(C(=O)NCC3CN(C(=O)OC(C)(C)C)CC3(F)F)[nH]c(=O)c12. The van der Waals surface area contributed by atoms with Gasteiger partial charge < -0.3 is 29.7 Å². The number of likely N-dealkylation sites (tertiary alicyclic amines) is 1. The first-order valence-electron chi connectivity index (χ1n) is 13.5. The predicted octanol–water partition coefficient (Wildman–Crippen LogP) is 5.86. The summed E-state index contributed by atoms with van der Waals surface area (Å²) in [6, 6.07) is 18.0. The number of aryl methyl sites for hydroxylation is 1. The van der Waals surface area contributed by atoms with Crippen LogP contribution in [0.2, 0.25) is 0 Å². The largest absolute Gasteiger partial charge is 0.457 e. The van der Waals surface area contributed by atoms with Gasteiger partial charge in [-0.05, 0) is 58.0 Å². The molecule has 5 rings (SSSR count). The maximum atomic E-state index is 14.7. The number of H-pyrrole nitrogens is 2. The molecular weight excluding hydrogens is 546 g/mol. The third-order valence-electron chi connectivity index (χ3n) is 6.96. The van der Waals surface area contributed by atoms with E-state index in [1.165, 1.54) is 6.07 Å². The van der Waals surface area contributed by atoms with Gasteiger partial charge in [-0.1, -0.05) is 30.3 Å². The van der Waals surface area contributed by atoms with E-state index >= 15 is 0 Å². The van der Waals surface area contributed by atoms with Crippen LogP contribution < -0.4 is 15.6 Å². The second-order valence-electron chi connectivity index (χ2n) is 11.4. The van der Waals surface area contributed by atoms with E-state index in [1.807, 2.05) is 48.5 Å². The van der Waals surface area contributed by atoms with Crippen LogP contribution in [0.3, 0.4) is 0 Å². The zero-order valence-electron chi connectivity index (χ0n) is 23.7. The molecule has 3 N–H and O–H groups in total. The van der Waals surface area contributed by atoms with E-state index in [1.54, 1.807) is 33.8 Å². The fraction of sp³-hybridized carbons (Fsp3) is 0.323. The van der Waals surface area contributed by atoms with E-state index in [-0.39, 0.29) is 12.2 Å². The molecule has 3 heterocycles. The van der Waals surface area contributed by atoms with Crippen molar-refractivity contribution in [1.82, 2.24) is 20.2 Å². The molecule has 2 aromatic carbocycles. The fourth-order valence-corrected chi connectivity index (χ4v) is 5.00. The first-order valence-corrected chi connectivity index (χ1v) is 13.5. The summed E-state index contributed by atoms with van der Waals surface area (Å²) in [6.45, 7) is 5.22. The van der Waals surface area contributed by atoms with Gasteiger partial charge in [0.2, 0.25) is 0 Å². The summed E-state index contributed by atoms with van der Waals surface area (Å²) in [5.41, 5.74) is 0.428. The predicted molar refractivity (Wildman–Crippen MR) is 154 cm³/mol. The zero-order chi connectivity index (χ0) is 30.2. The number of halogens is 2. The number of aromatic amines is 2. The Hall–Kier alpha value is -4.67. The summed E-state index contributed by atoms with van der Waals surface area (Å²) in [5.74, 6) is -4.11. The highest BCUT2D eigenvalue weighted by Crippen LogP contribution is 2.37. The lowest BCUT2D eigenvalue weighted by Gasteiger charge is -2.24. The van der Waals surface area contributed by atoms with E-state index in [2.05, 4.69) is 15.3 Å². The second kappa shape index (κ2) is 11.0. The molecule has 0 spiro atoms. The van der Waals surface area contributed by atoms with Gasteiger partial charge in [-0.3, -0.25) is 9.59 Å². The highest BCUT2D eigenvalue weighted by atomic mass is 19.3. The van der Waals surface area contributed by atoms with Crippen LogP contribution in [0.15, 0.2) is 65.5 Å². The van der Waals surface area contributed by atoms with Crippen LogP contribution in [-0.2, 0) is 4.74 Å². The van der Waals surface area contributed by atoms with Crippen molar-refractivity contribution < 1.29 is 27.8 Å². The lowest BCUT2D eigenvalue weighted by molar-refractivity contribution is -0.0287. The van der Waals surface area contributed by atoms with Crippen molar-refractivity contribution in [3.05, 3.63) is 82.4 Å². The van der Waals surface area contributed by atoms with E-state index in [0.29, 0.717) is 39.2 Å².